The molecule has 4 N–H and O–H groups in total. The Hall–Kier alpha value is -4.56. The first kappa shape index (κ1) is 26.3. The van der Waals surface area contributed by atoms with Crippen molar-refractivity contribution < 1.29 is 40.0 Å². The van der Waals surface area contributed by atoms with Crippen molar-refractivity contribution in [2.24, 2.45) is 29.6 Å². The maximum absolute atomic E-state index is 14.4. The smallest absolute Gasteiger partial charge is 0.239 e. The van der Waals surface area contributed by atoms with E-state index in [2.05, 4.69) is 0 Å². The molecule has 42 heavy (non-hydrogen) atoms. The van der Waals surface area contributed by atoms with Crippen molar-refractivity contribution in [3.8, 4) is 0 Å². The first-order valence-electron chi connectivity index (χ1n) is 13.3. The monoisotopic (exact) mass is 568 g/mol. The van der Waals surface area contributed by atoms with Gasteiger partial charge in [-0.05, 0) is 17.7 Å². The van der Waals surface area contributed by atoms with E-state index in [9.17, 15) is 40.0 Å². The van der Waals surface area contributed by atoms with Gasteiger partial charge >= 0.3 is 0 Å². The highest BCUT2D eigenvalue weighted by Crippen LogP contribution is 2.65. The zero-order valence-corrected chi connectivity index (χ0v) is 21.8. The van der Waals surface area contributed by atoms with E-state index in [1.165, 1.54) is 48.5 Å². The van der Waals surface area contributed by atoms with E-state index in [1.54, 1.807) is 42.5 Å². The molecule has 3 aromatic rings. The fourth-order valence-electron chi connectivity index (χ4n) is 7.65. The lowest BCUT2D eigenvalue weighted by Gasteiger charge is -2.53. The van der Waals surface area contributed by atoms with Gasteiger partial charge in [-0.3, -0.25) is 19.2 Å². The molecule has 6 atom stereocenters. The minimum Gasteiger partial charge on any atom is -0.595 e. The summed E-state index contributed by atoms with van der Waals surface area (Å²) in [7, 11) is 0. The van der Waals surface area contributed by atoms with Gasteiger partial charge < -0.3 is 10.4 Å². The van der Waals surface area contributed by atoms with Gasteiger partial charge in [0.05, 0.1) is 23.7 Å². The van der Waals surface area contributed by atoms with Crippen LogP contribution in [0.2, 0.25) is 0 Å². The Morgan fingerprint density at radius 2 is 1.05 bits per heavy atom. The molecule has 0 spiro atoms. The average molecular weight is 569 g/mol. The minimum absolute atomic E-state index is 0.0724. The summed E-state index contributed by atoms with van der Waals surface area (Å²) in [4.78, 5) is 58.8. The summed E-state index contributed by atoms with van der Waals surface area (Å²) in [5.41, 5.74) is -1.47. The van der Waals surface area contributed by atoms with E-state index in [-0.39, 0.29) is 22.7 Å². The number of carbonyl (C=O) groups is 4. The largest absolute Gasteiger partial charge is 0.595 e. The van der Waals surface area contributed by atoms with Crippen molar-refractivity contribution in [1.29, 1.82) is 0 Å². The van der Waals surface area contributed by atoms with Crippen molar-refractivity contribution in [2.75, 3.05) is 9.80 Å². The standard InChI is InChI=1S/C30H24N4O8/c35-26-22-17-14-15-30(16-8-2-1-3-9-16,24(22)28(37)31(26)18-10-4-6-12-20(18)33(39)40)25-23(17)27(36)32(29(25)38)19-11-5-7-13-21(19)34(41)42/h1-15,17,22-25,33-34,39,41H. The third-order valence-corrected chi connectivity index (χ3v) is 9.18. The topological polar surface area (TPSA) is 170 Å². The van der Waals surface area contributed by atoms with Crippen LogP contribution in [0.3, 0.4) is 0 Å². The predicted molar refractivity (Wildman–Crippen MR) is 144 cm³/mol. The average Bonchev–Trinajstić information content (AvgIpc) is 3.44. The lowest BCUT2D eigenvalue weighted by atomic mass is 9.45. The molecule has 5 aliphatic rings. The maximum Gasteiger partial charge on any atom is 0.239 e. The van der Waals surface area contributed by atoms with Crippen molar-refractivity contribution in [3.05, 3.63) is 107 Å². The Balaban J connectivity index is 1.43. The van der Waals surface area contributed by atoms with E-state index in [0.29, 0.717) is 5.56 Å². The van der Waals surface area contributed by atoms with Gasteiger partial charge in [-0.1, -0.05) is 66.7 Å². The summed E-state index contributed by atoms with van der Waals surface area (Å²) in [6, 6.07) is 20.2. The van der Waals surface area contributed by atoms with Crippen LogP contribution >= 0.6 is 0 Å². The second kappa shape index (κ2) is 9.22. The Morgan fingerprint density at radius 3 is 1.50 bits per heavy atom. The molecule has 3 aromatic carbocycles. The highest BCUT2D eigenvalue weighted by atomic mass is 16.8. The predicted octanol–water partition coefficient (Wildman–Crippen LogP) is 0.542. The van der Waals surface area contributed by atoms with Crippen LogP contribution in [0.5, 0.6) is 0 Å². The van der Waals surface area contributed by atoms with E-state index in [1.807, 2.05) is 0 Å². The van der Waals surface area contributed by atoms with Gasteiger partial charge in [0.2, 0.25) is 23.6 Å². The van der Waals surface area contributed by atoms with Gasteiger partial charge in [0.15, 0.2) is 11.4 Å². The number of quaternary nitrogens is 2. The molecule has 2 bridgehead atoms. The Morgan fingerprint density at radius 1 is 0.619 bits per heavy atom. The molecule has 3 fully saturated rings. The molecule has 4 amide bonds. The number of nitrogens with zero attached hydrogens (tertiary/aromatic N) is 2. The van der Waals surface area contributed by atoms with Crippen LogP contribution < -0.4 is 20.3 Å². The first-order valence-corrected chi connectivity index (χ1v) is 13.3. The Bertz CT molecular complexity index is 1590. The highest BCUT2D eigenvalue weighted by Gasteiger charge is 2.75. The number of benzene rings is 3. The molecular weight excluding hydrogens is 544 g/mol. The van der Waals surface area contributed by atoms with Gasteiger partial charge in [-0.15, -0.1) is 0 Å². The summed E-state index contributed by atoms with van der Waals surface area (Å²) in [5, 5.41) is 41.0. The molecule has 2 heterocycles. The van der Waals surface area contributed by atoms with Gasteiger partial charge in [0.25, 0.3) is 0 Å². The number of amides is 4. The number of hydrogen-bond donors (Lipinski definition) is 4. The molecule has 12 nitrogen and oxygen atoms in total. The Labute approximate surface area is 238 Å². The van der Waals surface area contributed by atoms with Gasteiger partial charge in [0, 0.05) is 23.5 Å². The van der Waals surface area contributed by atoms with Crippen LogP contribution in [0.15, 0.2) is 91.0 Å². The van der Waals surface area contributed by atoms with Gasteiger partial charge in [-0.25, -0.2) is 20.2 Å². The van der Waals surface area contributed by atoms with Crippen molar-refractivity contribution >= 4 is 46.4 Å². The van der Waals surface area contributed by atoms with Crippen LogP contribution in [0.25, 0.3) is 0 Å². The fraction of sp³-hybridized carbons (Fsp3) is 0.200. The maximum atomic E-state index is 14.4. The summed E-state index contributed by atoms with van der Waals surface area (Å²) >= 11 is 0. The van der Waals surface area contributed by atoms with Crippen molar-refractivity contribution in [2.45, 2.75) is 5.41 Å². The summed E-state index contributed by atoms with van der Waals surface area (Å²) in [5.74, 6) is -7.72. The number of para-hydroxylation sites is 4. The molecule has 2 aliphatic heterocycles. The minimum atomic E-state index is -1.43. The first-order chi connectivity index (χ1) is 20.2. The molecular formula is C30H24N4O8. The summed E-state index contributed by atoms with van der Waals surface area (Å²) < 4.78 is 0. The van der Waals surface area contributed by atoms with Crippen LogP contribution in [0.1, 0.15) is 5.56 Å². The van der Waals surface area contributed by atoms with Crippen LogP contribution in [-0.2, 0) is 24.6 Å². The lowest BCUT2D eigenvalue weighted by Crippen LogP contribution is -2.99. The fourth-order valence-corrected chi connectivity index (χ4v) is 7.65. The number of nitrogens with one attached hydrogen (secondary N) is 2. The van der Waals surface area contributed by atoms with Crippen LogP contribution in [0.4, 0.5) is 22.7 Å². The van der Waals surface area contributed by atoms with E-state index >= 15 is 0 Å². The van der Waals surface area contributed by atoms with E-state index in [0.717, 1.165) is 9.80 Å². The molecule has 1 saturated carbocycles. The lowest BCUT2D eigenvalue weighted by molar-refractivity contribution is -0.990. The number of allylic oxidation sites excluding steroid dienone is 2. The number of imide groups is 2. The molecule has 12 heteroatoms. The number of carbonyl (C=O) groups excluding carboxylic acids is 4. The van der Waals surface area contributed by atoms with Crippen molar-refractivity contribution in [1.82, 2.24) is 0 Å². The Kier molecular flexibility index (Phi) is 5.79. The second-order valence-electron chi connectivity index (χ2n) is 10.9. The number of anilines is 2. The molecule has 0 aromatic heterocycles. The third kappa shape index (κ3) is 3.27. The summed E-state index contributed by atoms with van der Waals surface area (Å²) in [6.45, 7) is 0. The van der Waals surface area contributed by atoms with Gasteiger partial charge in [0.1, 0.15) is 11.4 Å². The van der Waals surface area contributed by atoms with E-state index < -0.39 is 69.1 Å². The highest BCUT2D eigenvalue weighted by molar-refractivity contribution is 6.28. The van der Waals surface area contributed by atoms with Crippen molar-refractivity contribution in [3.63, 3.8) is 0 Å². The number of rotatable bonds is 5. The van der Waals surface area contributed by atoms with Crippen LogP contribution in [-0.4, -0.2) is 34.0 Å². The zero-order valence-electron chi connectivity index (χ0n) is 21.8. The molecule has 3 aliphatic carbocycles. The van der Waals surface area contributed by atoms with Crippen LogP contribution in [0, 0.1) is 40.0 Å². The SMILES string of the molecule is O=C1C2C3C=CC(c4ccccc4)(C2C(=O)N1c1ccccc1[NH+]([O-])O)C1C(=O)N(c2ccccc2[NH+]([O-])O)C(=O)C31. The molecule has 2 saturated heterocycles. The van der Waals surface area contributed by atoms with E-state index in [4.69, 9.17) is 0 Å². The molecule has 212 valence electrons. The quantitative estimate of drug-likeness (QED) is 0.196. The molecule has 0 radical (unpaired) electrons. The zero-order chi connectivity index (χ0) is 29.5. The summed E-state index contributed by atoms with van der Waals surface area (Å²) in [6.07, 6.45) is 3.45. The van der Waals surface area contributed by atoms with Gasteiger partial charge in [-0.2, -0.15) is 10.5 Å². The normalized spacial score (nSPS) is 31.0. The third-order valence-electron chi connectivity index (χ3n) is 9.18. The number of hydrogen-bond acceptors (Lipinski definition) is 8. The second-order valence-corrected chi connectivity index (χ2v) is 10.9. The molecule has 8 rings (SSSR count). The molecule has 6 unspecified atom stereocenters.